The van der Waals surface area contributed by atoms with Gasteiger partial charge in [-0.05, 0) is 37.3 Å². The number of hydrogen-bond donors (Lipinski definition) is 3. The van der Waals surface area contributed by atoms with Crippen molar-refractivity contribution < 1.29 is 19.1 Å². The number of alkyl carbamates (subject to hydrolysis) is 1. The Labute approximate surface area is 177 Å². The van der Waals surface area contributed by atoms with Gasteiger partial charge < -0.3 is 20.7 Å². The minimum Gasteiger partial charge on any atom is -0.450 e. The van der Waals surface area contributed by atoms with Crippen LogP contribution < -0.4 is 16.0 Å². The maximum atomic E-state index is 12.7. The van der Waals surface area contributed by atoms with Gasteiger partial charge in [-0.1, -0.05) is 51.4 Å². The summed E-state index contributed by atoms with van der Waals surface area (Å²) in [5, 5.41) is 8.67. The number of nitrogens with one attached hydrogen (secondary N) is 3. The molecule has 1 rings (SSSR count). The van der Waals surface area contributed by atoms with E-state index in [2.05, 4.69) is 16.0 Å². The fraction of sp³-hybridized carbons (Fsp3) is 0.571. The van der Waals surface area contributed by atoms with Crippen LogP contribution in [0, 0.1) is 11.8 Å². The van der Waals surface area contributed by atoms with Crippen molar-refractivity contribution in [3.63, 3.8) is 0 Å². The number of hydrogen-bond acceptors (Lipinski definition) is 4. The van der Waals surface area contributed by atoms with Crippen molar-refractivity contribution >= 4 is 29.5 Å². The van der Waals surface area contributed by atoms with Gasteiger partial charge in [-0.2, -0.15) is 0 Å². The fourth-order valence-corrected chi connectivity index (χ4v) is 3.06. The Hall–Kier alpha value is -2.28. The summed E-state index contributed by atoms with van der Waals surface area (Å²) >= 11 is 6.07. The van der Waals surface area contributed by atoms with Crippen LogP contribution in [0.2, 0.25) is 5.02 Å². The van der Waals surface area contributed by atoms with E-state index in [1.165, 1.54) is 0 Å². The summed E-state index contributed by atoms with van der Waals surface area (Å²) in [6, 6.07) is 5.67. The molecule has 162 valence electrons. The van der Waals surface area contributed by atoms with E-state index in [9.17, 15) is 14.4 Å². The van der Waals surface area contributed by atoms with Gasteiger partial charge in [0.15, 0.2) is 0 Å². The lowest BCUT2D eigenvalue weighted by Gasteiger charge is -2.25. The molecule has 0 saturated heterocycles. The Morgan fingerprint density at radius 1 is 1.07 bits per heavy atom. The van der Waals surface area contributed by atoms with Crippen LogP contribution in [-0.2, 0) is 9.53 Å². The summed E-state index contributed by atoms with van der Waals surface area (Å²) in [6.07, 6.45) is 0.164. The molecule has 0 fully saturated rings. The highest BCUT2D eigenvalue weighted by Gasteiger charge is 2.26. The van der Waals surface area contributed by atoms with Gasteiger partial charge in [0, 0.05) is 12.6 Å². The Balaban J connectivity index is 2.76. The highest BCUT2D eigenvalue weighted by molar-refractivity contribution is 6.33. The topological polar surface area (TPSA) is 96.5 Å². The predicted molar refractivity (Wildman–Crippen MR) is 114 cm³/mol. The first-order chi connectivity index (χ1) is 13.6. The lowest BCUT2D eigenvalue weighted by atomic mass is 10.0. The minimum absolute atomic E-state index is 0.136. The van der Waals surface area contributed by atoms with Crippen LogP contribution >= 0.6 is 11.6 Å². The normalized spacial score (nSPS) is 13.0. The minimum atomic E-state index is -0.735. The van der Waals surface area contributed by atoms with E-state index in [0.717, 1.165) is 0 Å². The molecule has 0 heterocycles. The largest absolute Gasteiger partial charge is 0.450 e. The lowest BCUT2D eigenvalue weighted by Crippen LogP contribution is -2.53. The zero-order valence-electron chi connectivity index (χ0n) is 17.8. The van der Waals surface area contributed by atoms with Crippen molar-refractivity contribution in [2.24, 2.45) is 11.8 Å². The summed E-state index contributed by atoms with van der Waals surface area (Å²) in [5.41, 5.74) is 0.314. The molecule has 0 aliphatic rings. The number of amides is 3. The van der Waals surface area contributed by atoms with Crippen LogP contribution in [0.25, 0.3) is 0 Å². The maximum Gasteiger partial charge on any atom is 0.407 e. The molecule has 2 unspecified atom stereocenters. The van der Waals surface area contributed by atoms with Crippen molar-refractivity contribution in [1.29, 1.82) is 0 Å². The van der Waals surface area contributed by atoms with Crippen molar-refractivity contribution in [3.05, 3.63) is 34.9 Å². The second-order valence-electron chi connectivity index (χ2n) is 7.61. The van der Waals surface area contributed by atoms with Crippen molar-refractivity contribution in [1.82, 2.24) is 16.0 Å². The third-order valence-electron chi connectivity index (χ3n) is 4.23. The van der Waals surface area contributed by atoms with Crippen molar-refractivity contribution in [2.75, 3.05) is 13.2 Å². The molecule has 0 radical (unpaired) electrons. The first kappa shape index (κ1) is 24.8. The molecule has 3 N–H and O–H groups in total. The molecular formula is C21H32ClN3O4. The predicted octanol–water partition coefficient (Wildman–Crippen LogP) is 3.37. The summed E-state index contributed by atoms with van der Waals surface area (Å²) in [7, 11) is 0. The summed E-state index contributed by atoms with van der Waals surface area (Å²) in [4.78, 5) is 37.0. The molecule has 7 nitrogen and oxygen atoms in total. The van der Waals surface area contributed by atoms with Crippen LogP contribution in [-0.4, -0.2) is 43.1 Å². The van der Waals surface area contributed by atoms with E-state index in [0.29, 0.717) is 22.9 Å². The highest BCUT2D eigenvalue weighted by atomic mass is 35.5. The van der Waals surface area contributed by atoms with Crippen molar-refractivity contribution in [2.45, 2.75) is 53.1 Å². The van der Waals surface area contributed by atoms with Gasteiger partial charge in [0.1, 0.15) is 6.04 Å². The van der Waals surface area contributed by atoms with Gasteiger partial charge in [0.05, 0.1) is 17.2 Å². The third kappa shape index (κ3) is 8.73. The molecule has 0 aromatic heterocycles. The monoisotopic (exact) mass is 425 g/mol. The Bertz CT molecular complexity index is 694. The van der Waals surface area contributed by atoms with E-state index in [1.807, 2.05) is 27.7 Å². The zero-order valence-corrected chi connectivity index (χ0v) is 18.5. The highest BCUT2D eigenvalue weighted by Crippen LogP contribution is 2.15. The molecule has 29 heavy (non-hydrogen) atoms. The van der Waals surface area contributed by atoms with Gasteiger partial charge in [-0.25, -0.2) is 4.79 Å². The molecule has 3 amide bonds. The standard InChI is InChI=1S/C21H32ClN3O4/c1-6-29-21(28)24-15(11-13(2)3)12-23-20(27)18(14(4)5)25-19(26)16-9-7-8-10-17(16)22/h7-10,13-15,18H,6,11-12H2,1-5H3,(H,23,27)(H,24,28)(H,25,26). The summed E-state index contributed by atoms with van der Waals surface area (Å²) < 4.78 is 4.93. The van der Waals surface area contributed by atoms with Crippen LogP contribution in [0.3, 0.4) is 0 Å². The summed E-state index contributed by atoms with van der Waals surface area (Å²) in [5.74, 6) is -0.546. The molecule has 2 atom stereocenters. The quantitative estimate of drug-likeness (QED) is 0.535. The third-order valence-corrected chi connectivity index (χ3v) is 4.56. The average molecular weight is 426 g/mol. The fourth-order valence-electron chi connectivity index (χ4n) is 2.83. The molecule has 0 saturated carbocycles. The Morgan fingerprint density at radius 2 is 1.72 bits per heavy atom. The van der Waals surface area contributed by atoms with Gasteiger partial charge >= 0.3 is 6.09 Å². The second kappa shape index (κ2) is 12.3. The smallest absolute Gasteiger partial charge is 0.407 e. The van der Waals surface area contributed by atoms with Gasteiger partial charge in [-0.3, -0.25) is 9.59 Å². The number of carbonyl (C=O) groups is 3. The van der Waals surface area contributed by atoms with E-state index < -0.39 is 18.0 Å². The number of ether oxygens (including phenoxy) is 1. The molecule has 8 heteroatoms. The van der Waals surface area contributed by atoms with Gasteiger partial charge in [-0.15, -0.1) is 0 Å². The van der Waals surface area contributed by atoms with Gasteiger partial charge in [0.25, 0.3) is 5.91 Å². The maximum absolute atomic E-state index is 12.7. The molecular weight excluding hydrogens is 394 g/mol. The zero-order chi connectivity index (χ0) is 22.0. The Morgan fingerprint density at radius 3 is 2.28 bits per heavy atom. The lowest BCUT2D eigenvalue weighted by molar-refractivity contribution is -0.124. The second-order valence-corrected chi connectivity index (χ2v) is 8.02. The molecule has 0 aliphatic heterocycles. The SMILES string of the molecule is CCOC(=O)NC(CNC(=O)C(NC(=O)c1ccccc1Cl)C(C)C)CC(C)C. The van der Waals surface area contributed by atoms with Gasteiger partial charge in [0.2, 0.25) is 5.91 Å². The first-order valence-electron chi connectivity index (χ1n) is 9.92. The molecule has 0 spiro atoms. The molecule has 1 aromatic carbocycles. The Kier molecular flexibility index (Phi) is 10.5. The number of benzene rings is 1. The van der Waals surface area contributed by atoms with Crippen LogP contribution in [0.5, 0.6) is 0 Å². The van der Waals surface area contributed by atoms with E-state index >= 15 is 0 Å². The molecule has 0 aliphatic carbocycles. The van der Waals surface area contributed by atoms with Crippen LogP contribution in [0.15, 0.2) is 24.3 Å². The number of carbonyl (C=O) groups excluding carboxylic acids is 3. The average Bonchev–Trinajstić information content (AvgIpc) is 2.63. The number of halogens is 1. The molecule has 1 aromatic rings. The molecule has 0 bridgehead atoms. The van der Waals surface area contributed by atoms with E-state index in [-0.39, 0.29) is 31.0 Å². The van der Waals surface area contributed by atoms with E-state index in [1.54, 1.807) is 31.2 Å². The van der Waals surface area contributed by atoms with Crippen LogP contribution in [0.1, 0.15) is 51.4 Å². The number of rotatable bonds is 10. The van der Waals surface area contributed by atoms with E-state index in [4.69, 9.17) is 16.3 Å². The first-order valence-corrected chi connectivity index (χ1v) is 10.3. The van der Waals surface area contributed by atoms with Crippen molar-refractivity contribution in [3.8, 4) is 0 Å². The summed E-state index contributed by atoms with van der Waals surface area (Å²) in [6.45, 7) is 9.99. The van der Waals surface area contributed by atoms with Crippen LogP contribution in [0.4, 0.5) is 4.79 Å².